The van der Waals surface area contributed by atoms with Crippen LogP contribution in [0.5, 0.6) is 0 Å². The molecule has 0 heterocycles. The summed E-state index contributed by atoms with van der Waals surface area (Å²) in [5, 5.41) is 0. The minimum Gasteiger partial charge on any atom is -0.316 e. The van der Waals surface area contributed by atoms with E-state index in [9.17, 15) is 0 Å². The molecule has 0 spiro atoms. The van der Waals surface area contributed by atoms with Gasteiger partial charge >= 0.3 is 0 Å². The van der Waals surface area contributed by atoms with Gasteiger partial charge in [0.15, 0.2) is 0 Å². The summed E-state index contributed by atoms with van der Waals surface area (Å²) < 4.78 is 0. The van der Waals surface area contributed by atoms with E-state index in [1.165, 1.54) is 25.7 Å². The van der Waals surface area contributed by atoms with Crippen LogP contribution in [0, 0.1) is 29.1 Å². The van der Waals surface area contributed by atoms with Crippen LogP contribution >= 0.6 is 24.0 Å². The van der Waals surface area contributed by atoms with Gasteiger partial charge in [0.05, 0.1) is 5.54 Å². The zero-order valence-electron chi connectivity index (χ0n) is 12.7. The maximum absolute atomic E-state index is 5.85. The van der Waals surface area contributed by atoms with Gasteiger partial charge < -0.3 is 5.73 Å². The van der Waals surface area contributed by atoms with E-state index in [0.717, 1.165) is 18.3 Å². The van der Waals surface area contributed by atoms with Crippen molar-refractivity contribution in [1.82, 2.24) is 0 Å². The van der Waals surface area contributed by atoms with Gasteiger partial charge in [-0.15, -0.1) is 29.9 Å². The molecule has 106 valence electrons. The standard InChI is InChI=1S/C16H29N.HI/c1-13-10-14(12-15(2,3)11-13)8-6-7-9-16(4,5)17;/h13-14H,6,8,10-12,17H2,1-5H3;1H. The minimum absolute atomic E-state index is 0. The van der Waals surface area contributed by atoms with E-state index in [2.05, 4.69) is 32.6 Å². The van der Waals surface area contributed by atoms with Crippen molar-refractivity contribution in [2.75, 3.05) is 0 Å². The highest BCUT2D eigenvalue weighted by molar-refractivity contribution is 14.0. The Morgan fingerprint density at radius 2 is 1.89 bits per heavy atom. The fourth-order valence-electron chi connectivity index (χ4n) is 3.33. The number of halogens is 1. The van der Waals surface area contributed by atoms with Crippen LogP contribution in [0.2, 0.25) is 0 Å². The first kappa shape index (κ1) is 18.2. The molecular formula is C16H30IN. The molecule has 1 fully saturated rings. The molecule has 2 atom stereocenters. The summed E-state index contributed by atoms with van der Waals surface area (Å²) in [4.78, 5) is 0. The van der Waals surface area contributed by atoms with Crippen molar-refractivity contribution in [2.24, 2.45) is 23.0 Å². The molecule has 2 N–H and O–H groups in total. The number of hydrogen-bond donors (Lipinski definition) is 1. The van der Waals surface area contributed by atoms with E-state index in [0.29, 0.717) is 5.41 Å². The average Bonchev–Trinajstić information content (AvgIpc) is 2.07. The van der Waals surface area contributed by atoms with Gasteiger partial charge in [0.25, 0.3) is 0 Å². The fourth-order valence-corrected chi connectivity index (χ4v) is 3.33. The number of rotatable bonds is 2. The summed E-state index contributed by atoms with van der Waals surface area (Å²) >= 11 is 0. The van der Waals surface area contributed by atoms with E-state index in [1.807, 2.05) is 13.8 Å². The lowest BCUT2D eigenvalue weighted by Crippen LogP contribution is -2.29. The maximum Gasteiger partial charge on any atom is 0.0719 e. The van der Waals surface area contributed by atoms with E-state index < -0.39 is 0 Å². The van der Waals surface area contributed by atoms with Gasteiger partial charge in [-0.25, -0.2) is 0 Å². The number of hydrogen-bond acceptors (Lipinski definition) is 1. The maximum atomic E-state index is 5.85. The molecule has 0 aromatic carbocycles. The molecule has 0 aliphatic heterocycles. The van der Waals surface area contributed by atoms with Gasteiger partial charge in [-0.3, -0.25) is 0 Å². The second kappa shape index (κ2) is 7.14. The molecule has 0 amide bonds. The Morgan fingerprint density at radius 1 is 1.28 bits per heavy atom. The zero-order chi connectivity index (χ0) is 13.1. The van der Waals surface area contributed by atoms with Crippen molar-refractivity contribution in [3.63, 3.8) is 0 Å². The van der Waals surface area contributed by atoms with Gasteiger partial charge in [-0.1, -0.05) is 26.7 Å². The summed E-state index contributed by atoms with van der Waals surface area (Å²) in [6, 6.07) is 0. The average molecular weight is 363 g/mol. The van der Waals surface area contributed by atoms with Crippen molar-refractivity contribution in [1.29, 1.82) is 0 Å². The molecule has 1 nitrogen and oxygen atoms in total. The first-order valence-electron chi connectivity index (χ1n) is 6.97. The van der Waals surface area contributed by atoms with Crippen molar-refractivity contribution >= 4 is 24.0 Å². The SMILES string of the molecule is CC1CC(CCC#CC(C)(C)N)CC(C)(C)C1.I. The summed E-state index contributed by atoms with van der Waals surface area (Å²) in [7, 11) is 0. The van der Waals surface area contributed by atoms with Crippen LogP contribution in [-0.4, -0.2) is 5.54 Å². The van der Waals surface area contributed by atoms with Crippen LogP contribution in [0.25, 0.3) is 0 Å². The quantitative estimate of drug-likeness (QED) is 0.564. The highest BCUT2D eigenvalue weighted by Crippen LogP contribution is 2.43. The summed E-state index contributed by atoms with van der Waals surface area (Å²) in [6.07, 6.45) is 6.39. The second-order valence-corrected chi connectivity index (χ2v) is 7.34. The third-order valence-electron chi connectivity index (χ3n) is 3.57. The third-order valence-corrected chi connectivity index (χ3v) is 3.57. The molecule has 0 aromatic rings. The highest BCUT2D eigenvalue weighted by Gasteiger charge is 2.31. The van der Waals surface area contributed by atoms with Crippen LogP contribution in [0.3, 0.4) is 0 Å². The smallest absolute Gasteiger partial charge is 0.0719 e. The Labute approximate surface area is 131 Å². The monoisotopic (exact) mass is 363 g/mol. The molecule has 0 saturated heterocycles. The lowest BCUT2D eigenvalue weighted by molar-refractivity contribution is 0.128. The predicted molar refractivity (Wildman–Crippen MR) is 91.0 cm³/mol. The summed E-state index contributed by atoms with van der Waals surface area (Å²) in [5.74, 6) is 8.10. The molecule has 0 bridgehead atoms. The molecule has 1 aliphatic rings. The minimum atomic E-state index is -0.334. The second-order valence-electron chi connectivity index (χ2n) is 7.34. The largest absolute Gasteiger partial charge is 0.316 e. The molecule has 2 unspecified atom stereocenters. The van der Waals surface area contributed by atoms with E-state index in [4.69, 9.17) is 5.73 Å². The van der Waals surface area contributed by atoms with Crippen molar-refractivity contribution in [3.8, 4) is 11.8 Å². The van der Waals surface area contributed by atoms with Gasteiger partial charge in [0.2, 0.25) is 0 Å². The molecule has 0 radical (unpaired) electrons. The van der Waals surface area contributed by atoms with E-state index in [1.54, 1.807) is 0 Å². The summed E-state index contributed by atoms with van der Waals surface area (Å²) in [5.41, 5.74) is 6.04. The van der Waals surface area contributed by atoms with Crippen molar-refractivity contribution < 1.29 is 0 Å². The van der Waals surface area contributed by atoms with Crippen LogP contribution in [0.4, 0.5) is 0 Å². The van der Waals surface area contributed by atoms with E-state index in [-0.39, 0.29) is 29.5 Å². The molecular weight excluding hydrogens is 333 g/mol. The lowest BCUT2D eigenvalue weighted by Gasteiger charge is -2.39. The Bertz CT molecular complexity index is 303. The molecule has 1 saturated carbocycles. The van der Waals surface area contributed by atoms with Crippen molar-refractivity contribution in [3.05, 3.63) is 0 Å². The van der Waals surface area contributed by atoms with Crippen LogP contribution in [0.15, 0.2) is 0 Å². The molecule has 0 aromatic heterocycles. The van der Waals surface area contributed by atoms with Crippen LogP contribution in [0.1, 0.15) is 66.7 Å². The number of nitrogens with two attached hydrogens (primary N) is 1. The van der Waals surface area contributed by atoms with Gasteiger partial charge in [0, 0.05) is 6.42 Å². The molecule has 1 rings (SSSR count). The highest BCUT2D eigenvalue weighted by atomic mass is 127. The van der Waals surface area contributed by atoms with Gasteiger partial charge in [-0.2, -0.15) is 0 Å². The Balaban J connectivity index is 0.00000289. The van der Waals surface area contributed by atoms with Gasteiger partial charge in [-0.05, 0) is 56.8 Å². The normalized spacial score (nSPS) is 26.8. The van der Waals surface area contributed by atoms with Crippen LogP contribution < -0.4 is 5.73 Å². The lowest BCUT2D eigenvalue weighted by atomic mass is 9.67. The Hall–Kier alpha value is 0.250. The predicted octanol–water partition coefficient (Wildman–Crippen LogP) is 4.59. The van der Waals surface area contributed by atoms with E-state index >= 15 is 0 Å². The first-order chi connectivity index (χ1) is 7.68. The molecule has 1 aliphatic carbocycles. The summed E-state index contributed by atoms with van der Waals surface area (Å²) in [6.45, 7) is 11.1. The zero-order valence-corrected chi connectivity index (χ0v) is 15.0. The topological polar surface area (TPSA) is 26.0 Å². The van der Waals surface area contributed by atoms with Crippen molar-refractivity contribution in [2.45, 2.75) is 72.3 Å². The Kier molecular flexibility index (Phi) is 7.24. The molecule has 18 heavy (non-hydrogen) atoms. The first-order valence-corrected chi connectivity index (χ1v) is 6.97. The fraction of sp³-hybridized carbons (Fsp3) is 0.875. The molecule has 2 heteroatoms. The van der Waals surface area contributed by atoms with Crippen LogP contribution in [-0.2, 0) is 0 Å². The Morgan fingerprint density at radius 3 is 2.39 bits per heavy atom. The third kappa shape index (κ3) is 7.63. The van der Waals surface area contributed by atoms with Gasteiger partial charge in [0.1, 0.15) is 0 Å².